The molecule has 0 fully saturated rings. The second kappa shape index (κ2) is 7.30. The summed E-state index contributed by atoms with van der Waals surface area (Å²) in [6.45, 7) is 4.44. The molecule has 1 unspecified atom stereocenters. The maximum atomic E-state index is 6.24. The topological polar surface area (TPSA) is 0 Å². The SMILES string of the molecule is C/C(=C(/c1ccccc1)P(C)(=S)c1ccccc1)c1ccccc1. The Labute approximate surface area is 149 Å². The second-order valence-electron chi connectivity index (χ2n) is 5.97. The summed E-state index contributed by atoms with van der Waals surface area (Å²) in [6, 6.07) is 29.8. The monoisotopic (exact) mass is 348 g/mol. The maximum absolute atomic E-state index is 6.24. The number of hydrogen-bond acceptors (Lipinski definition) is 1. The number of allylic oxidation sites excluding steroid dienone is 1. The Morgan fingerprint density at radius 2 is 1.08 bits per heavy atom. The van der Waals surface area contributed by atoms with Gasteiger partial charge in [0.1, 0.15) is 0 Å². The first-order valence-electron chi connectivity index (χ1n) is 8.06. The van der Waals surface area contributed by atoms with E-state index < -0.39 is 6.04 Å². The zero-order valence-electron chi connectivity index (χ0n) is 14.0. The van der Waals surface area contributed by atoms with Crippen LogP contribution >= 0.6 is 6.04 Å². The summed E-state index contributed by atoms with van der Waals surface area (Å²) in [7, 11) is 0. The fourth-order valence-corrected chi connectivity index (χ4v) is 6.55. The smallest absolute Gasteiger partial charge is 0.00848 e. The van der Waals surface area contributed by atoms with Crippen LogP contribution < -0.4 is 5.30 Å². The van der Waals surface area contributed by atoms with Crippen LogP contribution in [0.2, 0.25) is 0 Å². The van der Waals surface area contributed by atoms with Gasteiger partial charge < -0.3 is 0 Å². The standard InChI is InChI=1S/C22H21PS/c1-18(19-12-6-3-7-13-19)22(20-14-8-4-9-15-20)23(2,24)21-16-10-5-11-17-21/h3-17H,1-2H3/b22-18+. The molecular weight excluding hydrogens is 327 g/mol. The van der Waals surface area contributed by atoms with Crippen LogP contribution in [-0.2, 0) is 11.8 Å². The summed E-state index contributed by atoms with van der Waals surface area (Å²) in [4.78, 5) is 0. The number of hydrogen-bond donors (Lipinski definition) is 0. The molecule has 1 atom stereocenters. The van der Waals surface area contributed by atoms with Gasteiger partial charge in [0.25, 0.3) is 0 Å². The Balaban J connectivity index is 2.27. The molecule has 3 rings (SSSR count). The molecule has 0 aliphatic carbocycles. The molecule has 0 spiro atoms. The average Bonchev–Trinajstić information content (AvgIpc) is 2.64. The van der Waals surface area contributed by atoms with E-state index in [1.807, 2.05) is 0 Å². The Bertz CT molecular complexity index is 881. The molecule has 0 saturated carbocycles. The van der Waals surface area contributed by atoms with Crippen LogP contribution in [-0.4, -0.2) is 6.66 Å². The van der Waals surface area contributed by atoms with E-state index in [-0.39, 0.29) is 0 Å². The minimum atomic E-state index is -1.89. The molecule has 0 aliphatic rings. The molecule has 0 bridgehead atoms. The van der Waals surface area contributed by atoms with Crippen molar-refractivity contribution in [1.82, 2.24) is 0 Å². The number of benzene rings is 3. The lowest BCUT2D eigenvalue weighted by atomic mass is 10.0. The van der Waals surface area contributed by atoms with E-state index in [1.54, 1.807) is 0 Å². The fraction of sp³-hybridized carbons (Fsp3) is 0.0909. The number of rotatable bonds is 4. The van der Waals surface area contributed by atoms with Gasteiger partial charge in [0.15, 0.2) is 0 Å². The summed E-state index contributed by atoms with van der Waals surface area (Å²) in [5.41, 5.74) is 3.74. The van der Waals surface area contributed by atoms with E-state index in [0.29, 0.717) is 0 Å². The molecule has 120 valence electrons. The Kier molecular flexibility index (Phi) is 5.14. The van der Waals surface area contributed by atoms with Gasteiger partial charge in [-0.3, -0.25) is 0 Å². The largest absolute Gasteiger partial charge is 0.0879 e. The maximum Gasteiger partial charge on any atom is 0.00848 e. The van der Waals surface area contributed by atoms with Crippen LogP contribution in [0, 0.1) is 0 Å². The molecule has 0 aliphatic heterocycles. The van der Waals surface area contributed by atoms with Crippen LogP contribution in [0.1, 0.15) is 18.1 Å². The highest BCUT2D eigenvalue weighted by Crippen LogP contribution is 2.57. The van der Waals surface area contributed by atoms with Crippen LogP contribution in [0.5, 0.6) is 0 Å². The highest BCUT2D eigenvalue weighted by atomic mass is 32.4. The van der Waals surface area contributed by atoms with Crippen LogP contribution in [0.25, 0.3) is 10.9 Å². The first-order chi connectivity index (χ1) is 11.6. The van der Waals surface area contributed by atoms with Gasteiger partial charge in [-0.05, 0) is 35.6 Å². The summed E-state index contributed by atoms with van der Waals surface area (Å²) >= 11 is 6.24. The molecule has 0 heterocycles. The summed E-state index contributed by atoms with van der Waals surface area (Å²) in [5, 5.41) is 2.56. The molecule has 0 amide bonds. The quantitative estimate of drug-likeness (QED) is 0.411. The van der Waals surface area contributed by atoms with E-state index in [9.17, 15) is 0 Å². The van der Waals surface area contributed by atoms with Crippen molar-refractivity contribution in [2.24, 2.45) is 0 Å². The minimum Gasteiger partial charge on any atom is -0.0879 e. The van der Waals surface area contributed by atoms with Crippen molar-refractivity contribution >= 4 is 34.0 Å². The van der Waals surface area contributed by atoms with Gasteiger partial charge in [-0.2, -0.15) is 0 Å². The van der Waals surface area contributed by atoms with E-state index in [4.69, 9.17) is 11.8 Å². The van der Waals surface area contributed by atoms with E-state index >= 15 is 0 Å². The summed E-state index contributed by atoms with van der Waals surface area (Å²) in [6.07, 6.45) is 0. The third-order valence-electron chi connectivity index (χ3n) is 4.28. The normalized spacial score (nSPS) is 14.6. The average molecular weight is 348 g/mol. The van der Waals surface area contributed by atoms with Gasteiger partial charge in [-0.15, -0.1) is 0 Å². The highest BCUT2D eigenvalue weighted by molar-refractivity contribution is 8.22. The van der Waals surface area contributed by atoms with Crippen LogP contribution in [0.4, 0.5) is 0 Å². The predicted molar refractivity (Wildman–Crippen MR) is 112 cm³/mol. The van der Waals surface area contributed by atoms with Gasteiger partial charge in [0, 0.05) is 11.4 Å². The lowest BCUT2D eigenvalue weighted by Crippen LogP contribution is -2.05. The predicted octanol–water partition coefficient (Wildman–Crippen LogP) is 6.01. The molecule has 3 aromatic rings. The summed E-state index contributed by atoms with van der Waals surface area (Å²) in [5.74, 6) is 0. The Morgan fingerprint density at radius 3 is 1.58 bits per heavy atom. The van der Waals surface area contributed by atoms with Gasteiger partial charge in [-0.1, -0.05) is 103 Å². The lowest BCUT2D eigenvalue weighted by Gasteiger charge is -2.25. The van der Waals surface area contributed by atoms with Gasteiger partial charge >= 0.3 is 0 Å². The third kappa shape index (κ3) is 3.43. The molecule has 2 heteroatoms. The molecule has 0 saturated heterocycles. The summed E-state index contributed by atoms with van der Waals surface area (Å²) < 4.78 is 0. The molecule has 0 aromatic heterocycles. The van der Waals surface area contributed by atoms with Crippen LogP contribution in [0.3, 0.4) is 0 Å². The van der Waals surface area contributed by atoms with Gasteiger partial charge in [0.05, 0.1) is 0 Å². The third-order valence-corrected chi connectivity index (χ3v) is 8.20. The Morgan fingerprint density at radius 1 is 0.667 bits per heavy atom. The molecule has 24 heavy (non-hydrogen) atoms. The van der Waals surface area contributed by atoms with E-state index in [1.165, 1.54) is 27.3 Å². The van der Waals surface area contributed by atoms with Crippen molar-refractivity contribution in [2.45, 2.75) is 6.92 Å². The van der Waals surface area contributed by atoms with Crippen molar-refractivity contribution in [3.63, 3.8) is 0 Å². The molecular formula is C22H21PS. The molecule has 0 radical (unpaired) electrons. The second-order valence-corrected chi connectivity index (χ2v) is 11.0. The van der Waals surface area contributed by atoms with E-state index in [0.717, 1.165) is 0 Å². The molecule has 3 aromatic carbocycles. The van der Waals surface area contributed by atoms with Crippen molar-refractivity contribution in [3.8, 4) is 0 Å². The molecule has 0 nitrogen and oxygen atoms in total. The van der Waals surface area contributed by atoms with E-state index in [2.05, 4.69) is 105 Å². The minimum absolute atomic E-state index is 1.23. The lowest BCUT2D eigenvalue weighted by molar-refractivity contribution is 1.56. The van der Waals surface area contributed by atoms with Gasteiger partial charge in [0.2, 0.25) is 0 Å². The van der Waals surface area contributed by atoms with Crippen molar-refractivity contribution in [1.29, 1.82) is 0 Å². The van der Waals surface area contributed by atoms with Gasteiger partial charge in [-0.25, -0.2) is 0 Å². The zero-order chi connectivity index (χ0) is 17.0. The first kappa shape index (κ1) is 16.9. The Hall–Kier alpha value is -1.95. The van der Waals surface area contributed by atoms with Crippen molar-refractivity contribution < 1.29 is 0 Å². The fourth-order valence-electron chi connectivity index (χ4n) is 3.05. The zero-order valence-corrected chi connectivity index (χ0v) is 15.7. The highest BCUT2D eigenvalue weighted by Gasteiger charge is 2.23. The molecule has 0 N–H and O–H groups in total. The van der Waals surface area contributed by atoms with Crippen LogP contribution in [0.15, 0.2) is 91.0 Å². The van der Waals surface area contributed by atoms with Crippen molar-refractivity contribution in [3.05, 3.63) is 102 Å². The first-order valence-corrected chi connectivity index (χ1v) is 11.3. The van der Waals surface area contributed by atoms with Crippen molar-refractivity contribution in [2.75, 3.05) is 6.66 Å².